The first-order valence-corrected chi connectivity index (χ1v) is 10.6. The SMILES string of the molecule is CCC1CCCCN1C(=O)c1nn(-c2cc(OC)cc(OC)c2)c(=O)c2ccccc12. The maximum absolute atomic E-state index is 13.6. The molecule has 162 valence electrons. The van der Waals surface area contributed by atoms with Gasteiger partial charge in [-0.25, -0.2) is 0 Å². The molecule has 0 bridgehead atoms. The van der Waals surface area contributed by atoms with Crippen LogP contribution in [0.4, 0.5) is 0 Å². The molecule has 0 saturated carbocycles. The monoisotopic (exact) mass is 421 g/mol. The van der Waals surface area contributed by atoms with Crippen LogP contribution in [-0.2, 0) is 0 Å². The van der Waals surface area contributed by atoms with Crippen LogP contribution in [0.2, 0.25) is 0 Å². The summed E-state index contributed by atoms with van der Waals surface area (Å²) in [5.74, 6) is 0.934. The number of ether oxygens (including phenoxy) is 2. The van der Waals surface area contributed by atoms with Crippen LogP contribution in [0.25, 0.3) is 16.5 Å². The Hall–Kier alpha value is -3.35. The summed E-state index contributed by atoms with van der Waals surface area (Å²) in [7, 11) is 3.09. The van der Waals surface area contributed by atoms with E-state index >= 15 is 0 Å². The van der Waals surface area contributed by atoms with Crippen LogP contribution in [-0.4, -0.2) is 47.4 Å². The van der Waals surface area contributed by atoms with Gasteiger partial charge in [-0.15, -0.1) is 0 Å². The Morgan fingerprint density at radius 1 is 1.06 bits per heavy atom. The number of hydrogen-bond donors (Lipinski definition) is 0. The Bertz CT molecular complexity index is 1150. The maximum atomic E-state index is 13.6. The van der Waals surface area contributed by atoms with Crippen molar-refractivity contribution in [1.29, 1.82) is 0 Å². The van der Waals surface area contributed by atoms with Crippen molar-refractivity contribution < 1.29 is 14.3 Å². The van der Waals surface area contributed by atoms with Crippen molar-refractivity contribution in [2.45, 2.75) is 38.6 Å². The summed E-state index contributed by atoms with van der Waals surface area (Å²) in [6, 6.07) is 12.5. The van der Waals surface area contributed by atoms with Crippen molar-refractivity contribution in [1.82, 2.24) is 14.7 Å². The minimum Gasteiger partial charge on any atom is -0.497 e. The zero-order valence-electron chi connectivity index (χ0n) is 18.1. The largest absolute Gasteiger partial charge is 0.497 e. The average Bonchev–Trinajstić information content (AvgIpc) is 2.83. The Kier molecular flexibility index (Phi) is 5.93. The van der Waals surface area contributed by atoms with E-state index in [0.29, 0.717) is 34.5 Å². The summed E-state index contributed by atoms with van der Waals surface area (Å²) in [6.45, 7) is 2.81. The highest BCUT2D eigenvalue weighted by Gasteiger charge is 2.29. The predicted molar refractivity (Wildman–Crippen MR) is 119 cm³/mol. The number of hydrogen-bond acceptors (Lipinski definition) is 5. The molecule has 2 heterocycles. The molecule has 3 aromatic rings. The van der Waals surface area contributed by atoms with Crippen LogP contribution in [0.15, 0.2) is 47.3 Å². The van der Waals surface area contributed by atoms with Crippen LogP contribution >= 0.6 is 0 Å². The number of aromatic nitrogens is 2. The van der Waals surface area contributed by atoms with Gasteiger partial charge in [0.25, 0.3) is 11.5 Å². The highest BCUT2D eigenvalue weighted by atomic mass is 16.5. The van der Waals surface area contributed by atoms with E-state index in [1.165, 1.54) is 4.68 Å². The molecule has 1 unspecified atom stereocenters. The molecule has 31 heavy (non-hydrogen) atoms. The van der Waals surface area contributed by atoms with Gasteiger partial charge in [-0.1, -0.05) is 25.1 Å². The molecule has 7 heteroatoms. The number of likely N-dealkylation sites (tertiary alicyclic amines) is 1. The summed E-state index contributed by atoms with van der Waals surface area (Å²) in [6.07, 6.45) is 4.00. The third kappa shape index (κ3) is 3.87. The number of carbonyl (C=O) groups excluding carboxylic acids is 1. The molecule has 4 rings (SSSR count). The molecule has 0 aliphatic carbocycles. The topological polar surface area (TPSA) is 73.7 Å². The fraction of sp³-hybridized carbons (Fsp3) is 0.375. The van der Waals surface area contributed by atoms with E-state index in [1.54, 1.807) is 50.6 Å². The fourth-order valence-electron chi connectivity index (χ4n) is 4.27. The first-order chi connectivity index (χ1) is 15.1. The third-order valence-corrected chi connectivity index (χ3v) is 5.95. The molecule has 2 aromatic carbocycles. The maximum Gasteiger partial charge on any atom is 0.279 e. The molecule has 1 saturated heterocycles. The number of benzene rings is 2. The van der Waals surface area contributed by atoms with Gasteiger partial charge in [0, 0.05) is 36.2 Å². The van der Waals surface area contributed by atoms with Gasteiger partial charge in [-0.2, -0.15) is 9.78 Å². The van der Waals surface area contributed by atoms with Crippen LogP contribution in [0.5, 0.6) is 11.5 Å². The number of carbonyl (C=O) groups is 1. The Morgan fingerprint density at radius 3 is 2.39 bits per heavy atom. The molecular weight excluding hydrogens is 394 g/mol. The van der Waals surface area contributed by atoms with Gasteiger partial charge in [0.05, 0.1) is 25.3 Å². The van der Waals surface area contributed by atoms with E-state index in [-0.39, 0.29) is 23.2 Å². The van der Waals surface area contributed by atoms with E-state index in [2.05, 4.69) is 12.0 Å². The zero-order valence-corrected chi connectivity index (χ0v) is 18.1. The first-order valence-electron chi connectivity index (χ1n) is 10.6. The summed E-state index contributed by atoms with van der Waals surface area (Å²) < 4.78 is 12.0. The minimum atomic E-state index is -0.298. The molecule has 1 aliphatic heterocycles. The summed E-state index contributed by atoms with van der Waals surface area (Å²) in [5.41, 5.74) is 0.470. The lowest BCUT2D eigenvalue weighted by molar-refractivity contribution is 0.0602. The van der Waals surface area contributed by atoms with Gasteiger partial charge in [0.15, 0.2) is 5.69 Å². The highest BCUT2D eigenvalue weighted by Crippen LogP contribution is 2.26. The van der Waals surface area contributed by atoms with Crippen LogP contribution < -0.4 is 15.0 Å². The number of rotatable bonds is 5. The Labute approximate surface area is 181 Å². The lowest BCUT2D eigenvalue weighted by Crippen LogP contribution is -2.44. The van der Waals surface area contributed by atoms with Crippen molar-refractivity contribution in [3.8, 4) is 17.2 Å². The molecule has 1 amide bonds. The van der Waals surface area contributed by atoms with Crippen LogP contribution in [0.1, 0.15) is 43.1 Å². The van der Waals surface area contributed by atoms with E-state index < -0.39 is 0 Å². The second-order valence-corrected chi connectivity index (χ2v) is 7.74. The van der Waals surface area contributed by atoms with Crippen molar-refractivity contribution in [3.63, 3.8) is 0 Å². The van der Waals surface area contributed by atoms with Gasteiger partial charge in [0.2, 0.25) is 0 Å². The molecule has 7 nitrogen and oxygen atoms in total. The number of piperidine rings is 1. The second-order valence-electron chi connectivity index (χ2n) is 7.74. The smallest absolute Gasteiger partial charge is 0.279 e. The van der Waals surface area contributed by atoms with Crippen molar-refractivity contribution in [2.75, 3.05) is 20.8 Å². The van der Waals surface area contributed by atoms with Crippen LogP contribution in [0, 0.1) is 0 Å². The number of fused-ring (bicyclic) bond motifs is 1. The van der Waals surface area contributed by atoms with E-state index in [1.807, 2.05) is 11.0 Å². The molecular formula is C24H27N3O4. The van der Waals surface area contributed by atoms with Crippen LogP contribution in [0.3, 0.4) is 0 Å². The molecule has 0 spiro atoms. The molecule has 1 aromatic heterocycles. The van der Waals surface area contributed by atoms with Crippen molar-refractivity contribution in [3.05, 3.63) is 58.5 Å². The standard InChI is InChI=1S/C24H27N3O4/c1-4-16-9-7-8-12-26(16)24(29)22-20-10-5-6-11-21(20)23(28)27(25-22)17-13-18(30-2)15-19(14-17)31-3/h5-6,10-11,13-16H,4,7-9,12H2,1-3H3. The quantitative estimate of drug-likeness (QED) is 0.626. The third-order valence-electron chi connectivity index (χ3n) is 5.95. The van der Waals surface area contributed by atoms with Gasteiger partial charge >= 0.3 is 0 Å². The second kappa shape index (κ2) is 8.79. The summed E-state index contributed by atoms with van der Waals surface area (Å²) in [5, 5.41) is 5.59. The zero-order chi connectivity index (χ0) is 22.0. The normalized spacial score (nSPS) is 16.4. The average molecular weight is 421 g/mol. The van der Waals surface area contributed by atoms with Crippen molar-refractivity contribution >= 4 is 16.7 Å². The van der Waals surface area contributed by atoms with Gasteiger partial charge in [0.1, 0.15) is 11.5 Å². The van der Waals surface area contributed by atoms with Crippen molar-refractivity contribution in [2.24, 2.45) is 0 Å². The van der Waals surface area contributed by atoms with Gasteiger partial charge < -0.3 is 14.4 Å². The number of amides is 1. The number of methoxy groups -OCH3 is 2. The summed E-state index contributed by atoms with van der Waals surface area (Å²) >= 11 is 0. The summed E-state index contributed by atoms with van der Waals surface area (Å²) in [4.78, 5) is 28.8. The lowest BCUT2D eigenvalue weighted by atomic mass is 9.99. The molecule has 1 fully saturated rings. The molecule has 0 radical (unpaired) electrons. The minimum absolute atomic E-state index is 0.133. The first kappa shape index (κ1) is 20.9. The predicted octanol–water partition coefficient (Wildman–Crippen LogP) is 3.81. The van der Waals surface area contributed by atoms with E-state index in [4.69, 9.17) is 9.47 Å². The van der Waals surface area contributed by atoms with E-state index in [0.717, 1.165) is 25.7 Å². The Balaban J connectivity index is 1.92. The molecule has 1 atom stereocenters. The molecule has 1 aliphatic rings. The van der Waals surface area contributed by atoms with Gasteiger partial charge in [-0.3, -0.25) is 9.59 Å². The number of nitrogens with zero attached hydrogens (tertiary/aromatic N) is 3. The Morgan fingerprint density at radius 2 is 1.74 bits per heavy atom. The highest BCUT2D eigenvalue weighted by molar-refractivity contribution is 6.05. The lowest BCUT2D eigenvalue weighted by Gasteiger charge is -2.35. The van der Waals surface area contributed by atoms with E-state index in [9.17, 15) is 9.59 Å². The molecule has 0 N–H and O–H groups in total. The van der Waals surface area contributed by atoms with Gasteiger partial charge in [-0.05, 0) is 31.7 Å². The fourth-order valence-corrected chi connectivity index (χ4v) is 4.27.